The van der Waals surface area contributed by atoms with Crippen LogP contribution >= 0.6 is 24.0 Å². The van der Waals surface area contributed by atoms with Gasteiger partial charge in [0.2, 0.25) is 0 Å². The van der Waals surface area contributed by atoms with Gasteiger partial charge in [-0.15, -0.1) is 24.0 Å². The Balaban J connectivity index is 0.00000208. The van der Waals surface area contributed by atoms with Crippen LogP contribution in [0.15, 0.2) is 4.99 Å². The van der Waals surface area contributed by atoms with Gasteiger partial charge in [0.15, 0.2) is 5.96 Å². The second-order valence-corrected chi connectivity index (χ2v) is 8.50. The lowest BCUT2D eigenvalue weighted by molar-refractivity contribution is -0.171. The van der Waals surface area contributed by atoms with Gasteiger partial charge in [0.05, 0.1) is 12.2 Å². The minimum absolute atomic E-state index is 0. The van der Waals surface area contributed by atoms with Gasteiger partial charge >= 0.3 is 0 Å². The van der Waals surface area contributed by atoms with Crippen molar-refractivity contribution >= 4 is 29.9 Å². The van der Waals surface area contributed by atoms with Gasteiger partial charge in [-0.05, 0) is 24.7 Å². The number of methoxy groups -OCH3 is 1. The van der Waals surface area contributed by atoms with E-state index in [-0.39, 0.29) is 35.5 Å². The molecule has 3 rings (SSSR count). The Hall–Kier alpha value is -0.0800. The monoisotopic (exact) mass is 451 g/mol. The van der Waals surface area contributed by atoms with Crippen molar-refractivity contribution < 1.29 is 9.47 Å². The molecule has 1 heterocycles. The van der Waals surface area contributed by atoms with Gasteiger partial charge in [-0.25, -0.2) is 0 Å². The molecule has 1 saturated heterocycles. The first-order valence-electron chi connectivity index (χ1n) is 9.04. The Kier molecular flexibility index (Phi) is 6.46. The van der Waals surface area contributed by atoms with E-state index in [4.69, 9.17) is 9.47 Å². The minimum atomic E-state index is 0. The highest BCUT2D eigenvalue weighted by molar-refractivity contribution is 14.0. The number of halogens is 1. The second-order valence-electron chi connectivity index (χ2n) is 8.50. The molecule has 4 unspecified atom stereocenters. The van der Waals surface area contributed by atoms with Crippen molar-refractivity contribution in [1.29, 1.82) is 0 Å². The molecule has 1 aliphatic heterocycles. The fraction of sp³-hybridized carbons (Fsp3) is 0.944. The summed E-state index contributed by atoms with van der Waals surface area (Å²) in [7, 11) is 3.63. The van der Waals surface area contributed by atoms with Crippen molar-refractivity contribution in [2.75, 3.05) is 27.3 Å². The van der Waals surface area contributed by atoms with Crippen LogP contribution in [0, 0.1) is 16.7 Å². The van der Waals surface area contributed by atoms with Gasteiger partial charge in [0.1, 0.15) is 0 Å². The van der Waals surface area contributed by atoms with Gasteiger partial charge in [0, 0.05) is 44.7 Å². The summed E-state index contributed by atoms with van der Waals surface area (Å²) in [6, 6.07) is 0.519. The van der Waals surface area contributed by atoms with Crippen LogP contribution in [0.3, 0.4) is 0 Å². The summed E-state index contributed by atoms with van der Waals surface area (Å²) in [4.78, 5) is 4.43. The molecular formula is C18H34IN3O2. The third-order valence-electron chi connectivity index (χ3n) is 6.26. The van der Waals surface area contributed by atoms with Gasteiger partial charge < -0.3 is 20.1 Å². The number of aliphatic imine (C=N–C) groups is 1. The van der Waals surface area contributed by atoms with E-state index in [9.17, 15) is 0 Å². The van der Waals surface area contributed by atoms with E-state index < -0.39 is 0 Å². The Morgan fingerprint density at radius 3 is 2.58 bits per heavy atom. The van der Waals surface area contributed by atoms with E-state index >= 15 is 0 Å². The highest BCUT2D eigenvalue weighted by Gasteiger charge is 2.66. The van der Waals surface area contributed by atoms with Crippen molar-refractivity contribution in [1.82, 2.24) is 10.6 Å². The molecule has 5 nitrogen and oxygen atoms in total. The number of hydrogen-bond acceptors (Lipinski definition) is 3. The van der Waals surface area contributed by atoms with Crippen molar-refractivity contribution in [3.63, 3.8) is 0 Å². The van der Waals surface area contributed by atoms with Crippen LogP contribution in [0.25, 0.3) is 0 Å². The standard InChI is InChI=1S/C18H33N3O2.HI/c1-17(2,3)13(22-5)11-20-16(19-4)21-14-12-7-10-23-15(12)18(14)8-6-9-18;/h12-15H,6-11H2,1-5H3,(H2,19,20,21);1H. The summed E-state index contributed by atoms with van der Waals surface area (Å²) in [5, 5.41) is 7.17. The third kappa shape index (κ3) is 3.43. The quantitative estimate of drug-likeness (QED) is 0.392. The molecule has 1 spiro atoms. The van der Waals surface area contributed by atoms with Crippen LogP contribution in [0.5, 0.6) is 0 Å². The molecule has 0 bridgehead atoms. The maximum Gasteiger partial charge on any atom is 0.191 e. The topological polar surface area (TPSA) is 54.9 Å². The first-order chi connectivity index (χ1) is 10.9. The predicted octanol–water partition coefficient (Wildman–Crippen LogP) is 2.79. The number of guanidine groups is 1. The van der Waals surface area contributed by atoms with E-state index in [1.165, 1.54) is 25.7 Å². The summed E-state index contributed by atoms with van der Waals surface area (Å²) in [5.41, 5.74) is 0.486. The molecule has 2 aliphatic carbocycles. The molecule has 0 radical (unpaired) electrons. The summed E-state index contributed by atoms with van der Waals surface area (Å²) in [6.07, 6.45) is 5.77. The molecule has 0 aromatic carbocycles. The third-order valence-corrected chi connectivity index (χ3v) is 6.26. The molecule has 4 atom stereocenters. The first-order valence-corrected chi connectivity index (χ1v) is 9.04. The van der Waals surface area contributed by atoms with E-state index in [1.807, 2.05) is 7.05 Å². The van der Waals surface area contributed by atoms with Crippen molar-refractivity contribution in [3.05, 3.63) is 0 Å². The van der Waals surface area contributed by atoms with Crippen LogP contribution in [0.4, 0.5) is 0 Å². The molecule has 140 valence electrons. The minimum Gasteiger partial charge on any atom is -0.379 e. The molecule has 2 saturated carbocycles. The number of fused-ring (bicyclic) bond motifs is 2. The summed E-state index contributed by atoms with van der Waals surface area (Å²) in [6.45, 7) is 8.30. The normalized spacial score (nSPS) is 32.2. The van der Waals surface area contributed by atoms with Crippen LogP contribution in [0.1, 0.15) is 46.5 Å². The Labute approximate surface area is 163 Å². The Morgan fingerprint density at radius 1 is 1.38 bits per heavy atom. The fourth-order valence-corrected chi connectivity index (χ4v) is 4.73. The van der Waals surface area contributed by atoms with E-state index in [0.29, 0.717) is 23.5 Å². The maximum absolute atomic E-state index is 6.00. The van der Waals surface area contributed by atoms with Gasteiger partial charge in [0.25, 0.3) is 0 Å². The molecule has 3 fully saturated rings. The van der Waals surface area contributed by atoms with Crippen LogP contribution in [-0.4, -0.2) is 51.5 Å². The molecule has 0 amide bonds. The molecule has 0 aromatic heterocycles. The van der Waals surface area contributed by atoms with Crippen molar-refractivity contribution in [2.24, 2.45) is 21.7 Å². The molecule has 6 heteroatoms. The first kappa shape index (κ1) is 20.2. The second kappa shape index (κ2) is 7.66. The highest BCUT2D eigenvalue weighted by Crippen LogP contribution is 2.62. The van der Waals surface area contributed by atoms with Crippen LogP contribution in [0.2, 0.25) is 0 Å². The lowest BCUT2D eigenvalue weighted by Crippen LogP contribution is -2.72. The molecular weight excluding hydrogens is 417 g/mol. The van der Waals surface area contributed by atoms with Gasteiger partial charge in [-0.3, -0.25) is 4.99 Å². The zero-order valence-corrected chi connectivity index (χ0v) is 18.1. The Bertz CT molecular complexity index is 460. The van der Waals surface area contributed by atoms with Crippen molar-refractivity contribution in [3.8, 4) is 0 Å². The average Bonchev–Trinajstić information content (AvgIpc) is 2.85. The maximum atomic E-state index is 6.00. The SMILES string of the molecule is CN=C(NCC(OC)C(C)(C)C)NC1C2CCOC2C12CCC2.I. The zero-order chi connectivity index (χ0) is 16.7. The van der Waals surface area contributed by atoms with E-state index in [0.717, 1.165) is 19.1 Å². The highest BCUT2D eigenvalue weighted by atomic mass is 127. The fourth-order valence-electron chi connectivity index (χ4n) is 4.73. The number of rotatable bonds is 4. The summed E-state index contributed by atoms with van der Waals surface area (Å²) < 4.78 is 11.6. The molecule has 0 aromatic rings. The number of hydrogen-bond donors (Lipinski definition) is 2. The van der Waals surface area contributed by atoms with Crippen LogP contribution in [-0.2, 0) is 9.47 Å². The smallest absolute Gasteiger partial charge is 0.191 e. The largest absolute Gasteiger partial charge is 0.379 e. The number of nitrogens with one attached hydrogen (secondary N) is 2. The molecule has 2 N–H and O–H groups in total. The van der Waals surface area contributed by atoms with Gasteiger partial charge in [-0.1, -0.05) is 27.2 Å². The summed E-state index contributed by atoms with van der Waals surface area (Å²) >= 11 is 0. The molecule has 3 aliphatic rings. The summed E-state index contributed by atoms with van der Waals surface area (Å²) in [5.74, 6) is 1.56. The van der Waals surface area contributed by atoms with E-state index in [2.05, 4.69) is 36.4 Å². The number of nitrogens with zero attached hydrogens (tertiary/aromatic N) is 1. The lowest BCUT2D eigenvalue weighted by Gasteiger charge is -2.63. The lowest BCUT2D eigenvalue weighted by atomic mass is 9.46. The number of ether oxygens (including phenoxy) is 2. The van der Waals surface area contributed by atoms with E-state index in [1.54, 1.807) is 7.11 Å². The van der Waals surface area contributed by atoms with Crippen molar-refractivity contribution in [2.45, 2.75) is 64.7 Å². The molecule has 24 heavy (non-hydrogen) atoms. The zero-order valence-electron chi connectivity index (χ0n) is 15.7. The predicted molar refractivity (Wildman–Crippen MR) is 108 cm³/mol. The average molecular weight is 451 g/mol. The van der Waals surface area contributed by atoms with Crippen LogP contribution < -0.4 is 10.6 Å². The Morgan fingerprint density at radius 2 is 2.08 bits per heavy atom. The van der Waals surface area contributed by atoms with Gasteiger partial charge in [-0.2, -0.15) is 0 Å².